The Kier molecular flexibility index (Phi) is 4.81. The molecular formula is C14H27N3O2. The summed E-state index contributed by atoms with van der Waals surface area (Å²) in [5.74, 6) is -0.103. The highest BCUT2D eigenvalue weighted by Crippen LogP contribution is 2.35. The van der Waals surface area contributed by atoms with Crippen molar-refractivity contribution in [3.63, 3.8) is 0 Å². The molecule has 5 heteroatoms. The average Bonchev–Trinajstić information content (AvgIpc) is 2.97. The number of hydrogen-bond donors (Lipinski definition) is 2. The summed E-state index contributed by atoms with van der Waals surface area (Å²) in [7, 11) is 2.11. The fourth-order valence-electron chi connectivity index (χ4n) is 3.43. The van der Waals surface area contributed by atoms with Crippen LogP contribution >= 0.6 is 0 Å². The van der Waals surface area contributed by atoms with Crippen molar-refractivity contribution in [2.75, 3.05) is 26.7 Å². The maximum atomic E-state index is 11.5. The Labute approximate surface area is 115 Å². The minimum atomic E-state index is -0.773. The lowest BCUT2D eigenvalue weighted by atomic mass is 9.85. The second-order valence-electron chi connectivity index (χ2n) is 6.18. The topological polar surface area (TPSA) is 81.6 Å². The fourth-order valence-corrected chi connectivity index (χ4v) is 3.43. The summed E-state index contributed by atoms with van der Waals surface area (Å²) in [5, 5.41) is 0. The minimum absolute atomic E-state index is 0.233. The second kappa shape index (κ2) is 6.20. The highest BCUT2D eigenvalue weighted by Gasteiger charge is 2.43. The van der Waals surface area contributed by atoms with Crippen molar-refractivity contribution in [1.29, 1.82) is 0 Å². The van der Waals surface area contributed by atoms with E-state index in [1.807, 2.05) is 0 Å². The third kappa shape index (κ3) is 3.46. The normalized spacial score (nSPS) is 35.1. The van der Waals surface area contributed by atoms with Gasteiger partial charge in [0.1, 0.15) is 0 Å². The van der Waals surface area contributed by atoms with Crippen molar-refractivity contribution in [3.8, 4) is 0 Å². The molecule has 0 radical (unpaired) electrons. The van der Waals surface area contributed by atoms with E-state index < -0.39 is 5.54 Å². The molecular weight excluding hydrogens is 242 g/mol. The van der Waals surface area contributed by atoms with Crippen molar-refractivity contribution in [1.82, 2.24) is 4.90 Å². The van der Waals surface area contributed by atoms with Gasteiger partial charge in [0.2, 0.25) is 5.91 Å². The first-order valence-electron chi connectivity index (χ1n) is 7.41. The third-order valence-corrected chi connectivity index (χ3v) is 4.73. The second-order valence-corrected chi connectivity index (χ2v) is 6.18. The van der Waals surface area contributed by atoms with Crippen LogP contribution in [0, 0.1) is 5.92 Å². The molecule has 1 aliphatic heterocycles. The van der Waals surface area contributed by atoms with Gasteiger partial charge in [0.25, 0.3) is 0 Å². The largest absolute Gasteiger partial charge is 0.377 e. The number of primary amides is 1. The SMILES string of the molecule is CN(CCC1CCCC1(N)C(N)=O)CC1CCCO1. The number of nitrogens with zero attached hydrogens (tertiary/aromatic N) is 1. The quantitative estimate of drug-likeness (QED) is 0.734. The minimum Gasteiger partial charge on any atom is -0.377 e. The summed E-state index contributed by atoms with van der Waals surface area (Å²) in [6, 6.07) is 0. The van der Waals surface area contributed by atoms with Crippen molar-refractivity contribution >= 4 is 5.91 Å². The first-order chi connectivity index (χ1) is 9.02. The van der Waals surface area contributed by atoms with Gasteiger partial charge in [-0.05, 0) is 51.6 Å². The lowest BCUT2D eigenvalue weighted by Gasteiger charge is -2.30. The summed E-state index contributed by atoms with van der Waals surface area (Å²) in [6.07, 6.45) is 6.44. The molecule has 3 atom stereocenters. The van der Waals surface area contributed by atoms with Crippen LogP contribution in [-0.4, -0.2) is 49.2 Å². The third-order valence-electron chi connectivity index (χ3n) is 4.73. The van der Waals surface area contributed by atoms with Crippen molar-refractivity contribution in [3.05, 3.63) is 0 Å². The van der Waals surface area contributed by atoms with Crippen molar-refractivity contribution < 1.29 is 9.53 Å². The van der Waals surface area contributed by atoms with E-state index in [4.69, 9.17) is 16.2 Å². The van der Waals surface area contributed by atoms with E-state index in [1.54, 1.807) is 0 Å². The Balaban J connectivity index is 1.76. The van der Waals surface area contributed by atoms with Crippen LogP contribution in [-0.2, 0) is 9.53 Å². The van der Waals surface area contributed by atoms with E-state index in [-0.39, 0.29) is 11.8 Å². The standard InChI is InChI=1S/C14H27N3O2/c1-17(10-12-5-3-9-19-12)8-6-11-4-2-7-14(11,16)13(15)18/h11-12H,2-10,16H2,1H3,(H2,15,18). The molecule has 2 aliphatic rings. The summed E-state index contributed by atoms with van der Waals surface area (Å²) >= 11 is 0. The summed E-state index contributed by atoms with van der Waals surface area (Å²) in [4.78, 5) is 13.8. The maximum Gasteiger partial charge on any atom is 0.237 e. The number of likely N-dealkylation sites (N-methyl/N-ethyl adjacent to an activating group) is 1. The number of ether oxygens (including phenoxy) is 1. The molecule has 2 rings (SSSR count). The van der Waals surface area contributed by atoms with Gasteiger partial charge in [0.15, 0.2) is 0 Å². The molecule has 110 valence electrons. The zero-order valence-corrected chi connectivity index (χ0v) is 11.9. The van der Waals surface area contributed by atoms with Crippen LogP contribution in [0.3, 0.4) is 0 Å². The molecule has 0 aromatic rings. The maximum absolute atomic E-state index is 11.5. The van der Waals surface area contributed by atoms with E-state index >= 15 is 0 Å². The van der Waals surface area contributed by atoms with Crippen LogP contribution in [0.2, 0.25) is 0 Å². The summed E-state index contributed by atoms with van der Waals surface area (Å²) in [5.41, 5.74) is 10.9. The number of carbonyl (C=O) groups is 1. The molecule has 0 aromatic carbocycles. The lowest BCUT2D eigenvalue weighted by molar-refractivity contribution is -0.124. The van der Waals surface area contributed by atoms with E-state index in [2.05, 4.69) is 11.9 Å². The van der Waals surface area contributed by atoms with Gasteiger partial charge in [-0.25, -0.2) is 0 Å². The van der Waals surface area contributed by atoms with E-state index in [9.17, 15) is 4.79 Å². The molecule has 1 amide bonds. The van der Waals surface area contributed by atoms with E-state index in [1.165, 1.54) is 6.42 Å². The van der Waals surface area contributed by atoms with Gasteiger partial charge < -0.3 is 21.1 Å². The zero-order chi connectivity index (χ0) is 13.9. The molecule has 1 aliphatic carbocycles. The lowest BCUT2D eigenvalue weighted by Crippen LogP contribution is -2.55. The van der Waals surface area contributed by atoms with E-state index in [0.717, 1.165) is 51.8 Å². The van der Waals surface area contributed by atoms with Gasteiger partial charge in [-0.2, -0.15) is 0 Å². The first kappa shape index (κ1) is 14.8. The molecule has 4 N–H and O–H groups in total. The van der Waals surface area contributed by atoms with Crippen LogP contribution in [0.15, 0.2) is 0 Å². The molecule has 1 heterocycles. The summed E-state index contributed by atoms with van der Waals surface area (Å²) < 4.78 is 5.63. The fraction of sp³-hybridized carbons (Fsp3) is 0.929. The van der Waals surface area contributed by atoms with Crippen LogP contribution in [0.25, 0.3) is 0 Å². The zero-order valence-electron chi connectivity index (χ0n) is 11.9. The predicted molar refractivity (Wildman–Crippen MR) is 74.5 cm³/mol. The smallest absolute Gasteiger partial charge is 0.237 e. The summed E-state index contributed by atoms with van der Waals surface area (Å²) in [6.45, 7) is 2.83. The Bertz CT molecular complexity index is 318. The van der Waals surface area contributed by atoms with E-state index in [0.29, 0.717) is 6.10 Å². The molecule has 3 unspecified atom stereocenters. The Morgan fingerprint density at radius 3 is 2.84 bits per heavy atom. The van der Waals surface area contributed by atoms with Crippen LogP contribution in [0.4, 0.5) is 0 Å². The average molecular weight is 269 g/mol. The Morgan fingerprint density at radius 1 is 1.42 bits per heavy atom. The molecule has 1 saturated carbocycles. The molecule has 19 heavy (non-hydrogen) atoms. The molecule has 1 saturated heterocycles. The van der Waals surface area contributed by atoms with Crippen molar-refractivity contribution in [2.45, 2.75) is 50.2 Å². The van der Waals surface area contributed by atoms with Gasteiger partial charge in [-0.3, -0.25) is 4.79 Å². The van der Waals surface area contributed by atoms with Crippen LogP contribution in [0.5, 0.6) is 0 Å². The van der Waals surface area contributed by atoms with Gasteiger partial charge in [0.05, 0.1) is 11.6 Å². The van der Waals surface area contributed by atoms with Gasteiger partial charge >= 0.3 is 0 Å². The number of rotatable bonds is 6. The molecule has 5 nitrogen and oxygen atoms in total. The number of hydrogen-bond acceptors (Lipinski definition) is 4. The molecule has 2 fully saturated rings. The van der Waals surface area contributed by atoms with Gasteiger partial charge in [0, 0.05) is 13.2 Å². The highest BCUT2D eigenvalue weighted by molar-refractivity contribution is 5.85. The molecule has 0 bridgehead atoms. The van der Waals surface area contributed by atoms with Crippen LogP contribution < -0.4 is 11.5 Å². The highest BCUT2D eigenvalue weighted by atomic mass is 16.5. The number of nitrogens with two attached hydrogens (primary N) is 2. The Hall–Kier alpha value is -0.650. The molecule has 0 aromatic heterocycles. The first-order valence-corrected chi connectivity index (χ1v) is 7.41. The van der Waals surface area contributed by atoms with Gasteiger partial charge in [-0.15, -0.1) is 0 Å². The van der Waals surface area contributed by atoms with Crippen LogP contribution in [0.1, 0.15) is 38.5 Å². The monoisotopic (exact) mass is 269 g/mol. The number of amides is 1. The van der Waals surface area contributed by atoms with Gasteiger partial charge in [-0.1, -0.05) is 6.42 Å². The predicted octanol–water partition coefficient (Wildman–Crippen LogP) is 0.470. The molecule has 0 spiro atoms. The number of carbonyl (C=O) groups excluding carboxylic acids is 1. The Morgan fingerprint density at radius 2 is 2.21 bits per heavy atom. The van der Waals surface area contributed by atoms with Crippen molar-refractivity contribution in [2.24, 2.45) is 17.4 Å².